The fourth-order valence-corrected chi connectivity index (χ4v) is 2.02. The molecule has 1 aromatic carbocycles. The highest BCUT2D eigenvalue weighted by atomic mass is 19.1. The molecular weight excluding hydrogens is 395 g/mol. The number of carboxylic acids is 1. The molecule has 10 nitrogen and oxygen atoms in total. The Kier molecular flexibility index (Phi) is 7.50. The van der Waals surface area contributed by atoms with Crippen LogP contribution in [0.25, 0.3) is 11.3 Å². The molecule has 0 aliphatic carbocycles. The van der Waals surface area contributed by atoms with Crippen LogP contribution in [0.1, 0.15) is 30.0 Å². The highest BCUT2D eigenvalue weighted by Crippen LogP contribution is 2.22. The van der Waals surface area contributed by atoms with Crippen LogP contribution in [0.4, 0.5) is 4.39 Å². The van der Waals surface area contributed by atoms with Gasteiger partial charge in [-0.1, -0.05) is 5.21 Å². The molecule has 0 fully saturated rings. The van der Waals surface area contributed by atoms with Gasteiger partial charge in [-0.3, -0.25) is 0 Å². The van der Waals surface area contributed by atoms with Crippen molar-refractivity contribution in [2.75, 3.05) is 6.61 Å². The fraction of sp³-hybridized carbons (Fsp3) is 0.316. The van der Waals surface area contributed by atoms with Crippen LogP contribution in [-0.2, 0) is 13.7 Å². The molecule has 3 aromatic rings. The van der Waals surface area contributed by atoms with E-state index in [2.05, 4.69) is 20.5 Å². The average molecular weight is 418 g/mol. The number of aryl methyl sites for hydroxylation is 1. The average Bonchev–Trinajstić information content (AvgIpc) is 3.07. The van der Waals surface area contributed by atoms with Crippen molar-refractivity contribution in [1.29, 1.82) is 0 Å². The molecule has 0 saturated heterocycles. The van der Waals surface area contributed by atoms with E-state index in [-0.39, 0.29) is 30.6 Å². The Balaban J connectivity index is 0.000000469. The molecule has 160 valence electrons. The molecule has 11 heteroatoms. The molecule has 0 bridgehead atoms. The van der Waals surface area contributed by atoms with E-state index >= 15 is 0 Å². The minimum absolute atomic E-state index is 0.0486. The van der Waals surface area contributed by atoms with Crippen molar-refractivity contribution < 1.29 is 24.1 Å². The Morgan fingerprint density at radius 1 is 1.17 bits per heavy atom. The van der Waals surface area contributed by atoms with E-state index in [1.807, 2.05) is 0 Å². The van der Waals surface area contributed by atoms with Gasteiger partial charge in [-0.25, -0.2) is 13.9 Å². The van der Waals surface area contributed by atoms with Crippen molar-refractivity contribution in [2.24, 2.45) is 12.8 Å². The van der Waals surface area contributed by atoms with Crippen molar-refractivity contribution in [1.82, 2.24) is 25.2 Å². The lowest BCUT2D eigenvalue weighted by Crippen LogP contribution is -2.35. The van der Waals surface area contributed by atoms with E-state index in [9.17, 15) is 9.18 Å². The van der Waals surface area contributed by atoms with Gasteiger partial charge < -0.3 is 20.7 Å². The van der Waals surface area contributed by atoms with Crippen LogP contribution in [0, 0.1) is 5.82 Å². The third-order valence-electron chi connectivity index (χ3n) is 3.68. The predicted molar refractivity (Wildman–Crippen MR) is 105 cm³/mol. The minimum atomic E-state index is -1.16. The number of carboxylic acid groups (broad SMARTS) is 1. The topological polar surface area (TPSA) is 149 Å². The van der Waals surface area contributed by atoms with Crippen LogP contribution in [0.15, 0.2) is 36.4 Å². The molecule has 3 rings (SSSR count). The van der Waals surface area contributed by atoms with E-state index in [1.165, 1.54) is 28.9 Å². The summed E-state index contributed by atoms with van der Waals surface area (Å²) < 4.78 is 20.1. The number of nitrogens with two attached hydrogens (primary N) is 1. The molecule has 4 N–H and O–H groups in total. The van der Waals surface area contributed by atoms with Gasteiger partial charge in [0.2, 0.25) is 5.88 Å². The van der Waals surface area contributed by atoms with Gasteiger partial charge in [-0.05, 0) is 44.2 Å². The summed E-state index contributed by atoms with van der Waals surface area (Å²) in [6.45, 7) is 3.68. The number of rotatable bonds is 6. The number of nitrogens with zero attached hydrogens (tertiary/aromatic N) is 5. The van der Waals surface area contributed by atoms with Crippen LogP contribution in [0.3, 0.4) is 0 Å². The lowest BCUT2D eigenvalue weighted by molar-refractivity contribution is 0.0689. The van der Waals surface area contributed by atoms with E-state index in [1.54, 1.807) is 33.0 Å². The summed E-state index contributed by atoms with van der Waals surface area (Å²) in [5.41, 5.74) is 6.64. The summed E-state index contributed by atoms with van der Waals surface area (Å²) in [7, 11) is 1.71. The van der Waals surface area contributed by atoms with E-state index in [0.717, 1.165) is 0 Å². The Morgan fingerprint density at radius 3 is 2.30 bits per heavy atom. The summed E-state index contributed by atoms with van der Waals surface area (Å²) >= 11 is 0. The second-order valence-electron chi connectivity index (χ2n) is 7.01. The normalized spacial score (nSPS) is 10.9. The molecule has 0 atom stereocenters. The summed E-state index contributed by atoms with van der Waals surface area (Å²) in [6.07, 6.45) is 0. The van der Waals surface area contributed by atoms with Crippen LogP contribution in [0.2, 0.25) is 0 Å². The predicted octanol–water partition coefficient (Wildman–Crippen LogP) is 1.40. The highest BCUT2D eigenvalue weighted by molar-refractivity contribution is 5.84. The summed E-state index contributed by atoms with van der Waals surface area (Å²) in [5.74, 6) is -1.33. The maximum atomic E-state index is 13.0. The van der Waals surface area contributed by atoms with Crippen LogP contribution >= 0.6 is 0 Å². The largest absolute Gasteiger partial charge is 0.476 e. The molecule has 0 unspecified atom stereocenters. The zero-order valence-corrected chi connectivity index (χ0v) is 16.8. The number of aliphatic hydroxyl groups is 1. The molecule has 2 heterocycles. The molecule has 0 aliphatic heterocycles. The quantitative estimate of drug-likeness (QED) is 0.540. The number of aromatic nitrogens is 5. The number of halogens is 1. The lowest BCUT2D eigenvalue weighted by atomic mass is 10.1. The van der Waals surface area contributed by atoms with E-state index in [4.69, 9.17) is 20.7 Å². The molecule has 0 radical (unpaired) electrons. The van der Waals surface area contributed by atoms with E-state index in [0.29, 0.717) is 17.0 Å². The summed E-state index contributed by atoms with van der Waals surface area (Å²) in [4.78, 5) is 10.7. The summed E-state index contributed by atoms with van der Waals surface area (Å²) in [5, 5.41) is 32.3. The smallest absolute Gasteiger partial charge is 0.356 e. The van der Waals surface area contributed by atoms with Crippen molar-refractivity contribution in [3.05, 3.63) is 53.6 Å². The van der Waals surface area contributed by atoms with Crippen LogP contribution < -0.4 is 10.5 Å². The third kappa shape index (κ3) is 6.57. The van der Waals surface area contributed by atoms with Gasteiger partial charge in [0, 0.05) is 24.2 Å². The molecule has 0 amide bonds. The number of carbonyl (C=O) groups is 1. The molecule has 30 heavy (non-hydrogen) atoms. The Labute approximate surface area is 172 Å². The molecule has 0 spiro atoms. The number of benzene rings is 1. The Hall–Kier alpha value is -3.44. The maximum Gasteiger partial charge on any atom is 0.356 e. The first-order valence-electron chi connectivity index (χ1n) is 8.85. The molecule has 0 saturated carbocycles. The zero-order chi connectivity index (χ0) is 22.3. The van der Waals surface area contributed by atoms with Gasteiger partial charge in [-0.15, -0.1) is 15.3 Å². The van der Waals surface area contributed by atoms with Gasteiger partial charge in [-0.2, -0.15) is 0 Å². The standard InChI is InChI=1S/C15H12FN5O3.C4H11NO/c1-21-12(8-24-13-7-6-11(15(22)23)17-18-13)14(19-20-21)9-2-4-10(16)5-3-9;1-4(2,5)3-6/h2-7H,8H2,1H3,(H,22,23);6H,3,5H2,1-2H3. The SMILES string of the molecule is CC(C)(N)CO.Cn1nnc(-c2ccc(F)cc2)c1COc1ccc(C(=O)O)nn1. The number of aromatic carboxylic acids is 1. The monoisotopic (exact) mass is 418 g/mol. The summed E-state index contributed by atoms with van der Waals surface area (Å²) in [6, 6.07) is 8.59. The number of ether oxygens (including phenoxy) is 1. The lowest BCUT2D eigenvalue weighted by Gasteiger charge is -2.12. The van der Waals surface area contributed by atoms with Gasteiger partial charge in [0.25, 0.3) is 0 Å². The molecule has 0 aliphatic rings. The second kappa shape index (κ2) is 9.85. The number of hydrogen-bond donors (Lipinski definition) is 3. The maximum absolute atomic E-state index is 13.0. The van der Waals surface area contributed by atoms with Crippen molar-refractivity contribution in [3.8, 4) is 17.1 Å². The first kappa shape index (κ1) is 22.8. The first-order chi connectivity index (χ1) is 14.1. The minimum Gasteiger partial charge on any atom is -0.476 e. The number of aliphatic hydroxyl groups excluding tert-OH is 1. The van der Waals surface area contributed by atoms with Gasteiger partial charge >= 0.3 is 5.97 Å². The molecule has 2 aromatic heterocycles. The van der Waals surface area contributed by atoms with E-state index < -0.39 is 11.5 Å². The van der Waals surface area contributed by atoms with Gasteiger partial charge in [0.15, 0.2) is 5.69 Å². The fourth-order valence-electron chi connectivity index (χ4n) is 2.02. The molecular formula is C19H23FN6O4. The van der Waals surface area contributed by atoms with Crippen molar-refractivity contribution >= 4 is 5.97 Å². The van der Waals surface area contributed by atoms with Crippen molar-refractivity contribution in [2.45, 2.75) is 26.0 Å². The van der Waals surface area contributed by atoms with Crippen LogP contribution in [-0.4, -0.2) is 53.5 Å². The van der Waals surface area contributed by atoms with Crippen molar-refractivity contribution in [3.63, 3.8) is 0 Å². The first-order valence-corrected chi connectivity index (χ1v) is 8.85. The van der Waals surface area contributed by atoms with Crippen LogP contribution in [0.5, 0.6) is 5.88 Å². The third-order valence-corrected chi connectivity index (χ3v) is 3.68. The Morgan fingerprint density at radius 2 is 1.80 bits per heavy atom. The Bertz CT molecular complexity index is 968. The second-order valence-corrected chi connectivity index (χ2v) is 7.01. The highest BCUT2D eigenvalue weighted by Gasteiger charge is 2.14. The zero-order valence-electron chi connectivity index (χ0n) is 16.8. The number of hydrogen-bond acceptors (Lipinski definition) is 8. The van der Waals surface area contributed by atoms with Gasteiger partial charge in [0.1, 0.15) is 23.8 Å². The van der Waals surface area contributed by atoms with Gasteiger partial charge in [0.05, 0.1) is 6.61 Å².